The molecule has 0 radical (unpaired) electrons. The Morgan fingerprint density at radius 3 is 0.884 bits per heavy atom. The quantitative estimate of drug-likeness (QED) is 0.0222. The number of carbonyl (C=O) groups excluding carboxylic acids is 4. The summed E-state index contributed by atoms with van der Waals surface area (Å²) in [5, 5.41) is 10.6. The summed E-state index contributed by atoms with van der Waals surface area (Å²) in [7, 11) is -9.89. The lowest BCUT2D eigenvalue weighted by Gasteiger charge is -2.21. The fourth-order valence-corrected chi connectivity index (χ4v) is 11.6. The minimum atomic E-state index is -4.95. The second kappa shape index (κ2) is 59.4. The Kier molecular flexibility index (Phi) is 58.0. The zero-order chi connectivity index (χ0) is 63.6. The highest BCUT2D eigenvalue weighted by molar-refractivity contribution is 7.47. The lowest BCUT2D eigenvalue weighted by atomic mass is 9.99. The maximum absolute atomic E-state index is 13.0. The molecular weight excluding hydrogens is 1140 g/mol. The van der Waals surface area contributed by atoms with Gasteiger partial charge >= 0.3 is 39.5 Å². The van der Waals surface area contributed by atoms with Gasteiger partial charge in [0.25, 0.3) is 0 Å². The van der Waals surface area contributed by atoms with Gasteiger partial charge in [-0.05, 0) is 37.5 Å². The summed E-state index contributed by atoms with van der Waals surface area (Å²) < 4.78 is 68.1. The maximum Gasteiger partial charge on any atom is 0.472 e. The molecule has 0 rings (SSSR count). The second-order valence-electron chi connectivity index (χ2n) is 24.9. The Labute approximate surface area is 524 Å². The van der Waals surface area contributed by atoms with Crippen LogP contribution in [-0.4, -0.2) is 96.7 Å². The van der Waals surface area contributed by atoms with Crippen molar-refractivity contribution in [2.24, 2.45) is 11.8 Å². The average Bonchev–Trinajstić information content (AvgIpc) is 3.69. The number of phosphoric ester groups is 2. The van der Waals surface area contributed by atoms with Crippen molar-refractivity contribution in [1.82, 2.24) is 0 Å². The van der Waals surface area contributed by atoms with Crippen LogP contribution in [0.4, 0.5) is 0 Å². The van der Waals surface area contributed by atoms with E-state index < -0.39 is 97.5 Å². The smallest absolute Gasteiger partial charge is 0.462 e. The molecule has 0 aliphatic carbocycles. The lowest BCUT2D eigenvalue weighted by molar-refractivity contribution is -0.161. The standard InChI is InChI=1S/C67H130O17P2/c1-7-10-12-14-16-17-18-19-20-21-26-33-39-45-51-66(71)83-63(56-78-65(70)50-44-38-32-25-23-22-24-30-35-41-47-59(4)5)58-82-86(75,76)80-54-61(68)53-79-85(73,74)81-57-62(55-77-64(69)49-43-37-29-15-13-11-8-2)84-67(72)52-46-40-34-28-27-31-36-42-48-60(6)9-3/h59-63,68H,7-58H2,1-6H3,(H,73,74)(H,75,76)/t60?,61-,62+,63+/m0/s1. The molecule has 0 aliphatic rings. The number of hydrogen-bond donors (Lipinski definition) is 3. The highest BCUT2D eigenvalue weighted by Crippen LogP contribution is 2.45. The molecule has 0 bridgehead atoms. The highest BCUT2D eigenvalue weighted by Gasteiger charge is 2.30. The van der Waals surface area contributed by atoms with E-state index in [4.69, 9.17) is 37.0 Å². The van der Waals surface area contributed by atoms with Crippen LogP contribution in [0, 0.1) is 11.8 Å². The van der Waals surface area contributed by atoms with Crippen LogP contribution >= 0.6 is 15.6 Å². The molecule has 0 fully saturated rings. The third kappa shape index (κ3) is 59.7. The van der Waals surface area contributed by atoms with Gasteiger partial charge in [-0.15, -0.1) is 0 Å². The van der Waals surface area contributed by atoms with Gasteiger partial charge in [0.1, 0.15) is 19.3 Å². The minimum absolute atomic E-state index is 0.105. The van der Waals surface area contributed by atoms with Crippen molar-refractivity contribution in [2.75, 3.05) is 39.6 Å². The van der Waals surface area contributed by atoms with Crippen LogP contribution in [0.5, 0.6) is 0 Å². The Hall–Kier alpha value is -1.94. The third-order valence-corrected chi connectivity index (χ3v) is 17.7. The molecule has 6 atom stereocenters. The molecule has 0 aromatic heterocycles. The molecule has 0 saturated heterocycles. The zero-order valence-electron chi connectivity index (χ0n) is 55.6. The van der Waals surface area contributed by atoms with Crippen LogP contribution in [-0.2, 0) is 65.4 Å². The van der Waals surface area contributed by atoms with Gasteiger partial charge in [0.05, 0.1) is 26.4 Å². The number of hydrogen-bond acceptors (Lipinski definition) is 15. The summed E-state index contributed by atoms with van der Waals surface area (Å²) in [6.07, 6.45) is 43.0. The van der Waals surface area contributed by atoms with Crippen LogP contribution in [0.2, 0.25) is 0 Å². The van der Waals surface area contributed by atoms with Gasteiger partial charge in [-0.25, -0.2) is 9.13 Å². The van der Waals surface area contributed by atoms with E-state index in [9.17, 15) is 43.2 Å². The van der Waals surface area contributed by atoms with Crippen LogP contribution in [0.3, 0.4) is 0 Å². The molecule has 17 nitrogen and oxygen atoms in total. The van der Waals surface area contributed by atoms with Crippen molar-refractivity contribution in [3.8, 4) is 0 Å². The zero-order valence-corrected chi connectivity index (χ0v) is 57.4. The van der Waals surface area contributed by atoms with E-state index in [1.807, 2.05) is 0 Å². The molecule has 0 heterocycles. The second-order valence-corrected chi connectivity index (χ2v) is 27.8. The van der Waals surface area contributed by atoms with Gasteiger partial charge in [-0.2, -0.15) is 0 Å². The van der Waals surface area contributed by atoms with Crippen molar-refractivity contribution in [3.63, 3.8) is 0 Å². The topological polar surface area (TPSA) is 237 Å². The van der Waals surface area contributed by atoms with Crippen LogP contribution in [0.1, 0.15) is 337 Å². The molecule has 0 aliphatic heterocycles. The number of esters is 4. The fourth-order valence-electron chi connectivity index (χ4n) is 10.0. The summed E-state index contributed by atoms with van der Waals surface area (Å²) in [5.41, 5.74) is 0. The van der Waals surface area contributed by atoms with Crippen LogP contribution in [0.15, 0.2) is 0 Å². The maximum atomic E-state index is 13.0. The van der Waals surface area contributed by atoms with Gasteiger partial charge in [-0.1, -0.05) is 286 Å². The summed E-state index contributed by atoms with van der Waals surface area (Å²) in [6, 6.07) is 0. The summed E-state index contributed by atoms with van der Waals surface area (Å²) in [4.78, 5) is 72.3. The lowest BCUT2D eigenvalue weighted by Crippen LogP contribution is -2.30. The number of aliphatic hydroxyl groups is 1. The Morgan fingerprint density at radius 2 is 0.593 bits per heavy atom. The van der Waals surface area contributed by atoms with E-state index in [0.717, 1.165) is 115 Å². The molecule has 510 valence electrons. The van der Waals surface area contributed by atoms with E-state index >= 15 is 0 Å². The summed E-state index contributed by atoms with van der Waals surface area (Å²) in [6.45, 7) is 9.48. The van der Waals surface area contributed by atoms with E-state index in [-0.39, 0.29) is 25.7 Å². The molecule has 0 spiro atoms. The fraction of sp³-hybridized carbons (Fsp3) is 0.940. The SMILES string of the molecule is CCCCCCCCCCCCCCCCC(=O)O[C@H](COC(=O)CCCCCCCCCCCCC(C)C)COP(=O)(O)OC[C@@H](O)COP(=O)(O)OC[C@@H](COC(=O)CCCCCCCCC)OC(=O)CCCCCCCCCCC(C)CC. The molecule has 0 aromatic rings. The van der Waals surface area contributed by atoms with Gasteiger partial charge < -0.3 is 33.8 Å². The molecule has 86 heavy (non-hydrogen) atoms. The molecule has 3 N–H and O–H groups in total. The van der Waals surface area contributed by atoms with Gasteiger partial charge in [0.15, 0.2) is 12.2 Å². The minimum Gasteiger partial charge on any atom is -0.462 e. The van der Waals surface area contributed by atoms with Gasteiger partial charge in [0, 0.05) is 25.7 Å². The number of rotatable bonds is 66. The monoisotopic (exact) mass is 1270 g/mol. The normalized spacial score (nSPS) is 14.5. The van der Waals surface area contributed by atoms with Crippen LogP contribution in [0.25, 0.3) is 0 Å². The third-order valence-electron chi connectivity index (χ3n) is 15.8. The molecule has 0 saturated carbocycles. The van der Waals surface area contributed by atoms with E-state index in [0.29, 0.717) is 25.7 Å². The van der Waals surface area contributed by atoms with Crippen molar-refractivity contribution in [3.05, 3.63) is 0 Å². The van der Waals surface area contributed by atoms with Crippen molar-refractivity contribution < 1.29 is 80.2 Å². The van der Waals surface area contributed by atoms with Crippen molar-refractivity contribution >= 4 is 39.5 Å². The molecule has 3 unspecified atom stereocenters. The first-order chi connectivity index (χ1) is 41.4. The predicted octanol–water partition coefficient (Wildman–Crippen LogP) is 18.8. The summed E-state index contributed by atoms with van der Waals surface area (Å²) in [5.74, 6) is -0.604. The van der Waals surface area contributed by atoms with Crippen LogP contribution < -0.4 is 0 Å². The number of unbranched alkanes of at least 4 members (excludes halogenated alkanes) is 35. The predicted molar refractivity (Wildman–Crippen MR) is 345 cm³/mol. The van der Waals surface area contributed by atoms with E-state index in [1.54, 1.807) is 0 Å². The van der Waals surface area contributed by atoms with E-state index in [1.165, 1.54) is 141 Å². The van der Waals surface area contributed by atoms with Crippen molar-refractivity contribution in [1.29, 1.82) is 0 Å². The molecule has 0 amide bonds. The highest BCUT2D eigenvalue weighted by atomic mass is 31.2. The molecular formula is C67H130O17P2. The first kappa shape index (κ1) is 84.1. The number of aliphatic hydroxyl groups excluding tert-OH is 1. The van der Waals surface area contributed by atoms with E-state index in [2.05, 4.69) is 41.5 Å². The average molecular weight is 1270 g/mol. The molecule has 0 aromatic carbocycles. The largest absolute Gasteiger partial charge is 0.472 e. The summed E-state index contributed by atoms with van der Waals surface area (Å²) >= 11 is 0. The van der Waals surface area contributed by atoms with Gasteiger partial charge in [-0.3, -0.25) is 37.3 Å². The van der Waals surface area contributed by atoms with Crippen molar-refractivity contribution in [2.45, 2.75) is 355 Å². The Bertz CT molecular complexity index is 1690. The first-order valence-electron chi connectivity index (χ1n) is 35.0. The Morgan fingerprint density at radius 1 is 0.337 bits per heavy atom. The number of carbonyl (C=O) groups is 4. The Balaban J connectivity index is 5.22. The number of ether oxygens (including phenoxy) is 4. The first-order valence-corrected chi connectivity index (χ1v) is 38.0. The number of phosphoric acid groups is 2. The van der Waals surface area contributed by atoms with Gasteiger partial charge in [0.2, 0.25) is 0 Å². The molecule has 19 heteroatoms.